The lowest BCUT2D eigenvalue weighted by Gasteiger charge is -2.14. The molecule has 0 unspecified atom stereocenters. The highest BCUT2D eigenvalue weighted by atomic mass is 32.2. The van der Waals surface area contributed by atoms with E-state index in [9.17, 15) is 19.5 Å². The third kappa shape index (κ3) is 5.45. The van der Waals surface area contributed by atoms with Crippen LogP contribution in [0.5, 0.6) is 5.75 Å². The Hall–Kier alpha value is -2.85. The van der Waals surface area contributed by atoms with Gasteiger partial charge < -0.3 is 19.6 Å². The predicted molar refractivity (Wildman–Crippen MR) is 121 cm³/mol. The fourth-order valence-corrected chi connectivity index (χ4v) is 4.27. The number of aliphatic carboxylic acids is 1. The molecule has 8 nitrogen and oxygen atoms in total. The molecule has 3 rings (SSSR count). The Bertz CT molecular complexity index is 1170. The number of aromatic nitrogens is 1. The van der Waals surface area contributed by atoms with Crippen molar-refractivity contribution in [2.45, 2.75) is 26.3 Å². The van der Waals surface area contributed by atoms with Crippen LogP contribution in [0.15, 0.2) is 33.0 Å². The molecule has 0 saturated carbocycles. The van der Waals surface area contributed by atoms with Gasteiger partial charge in [-0.25, -0.2) is 9.78 Å². The summed E-state index contributed by atoms with van der Waals surface area (Å²) in [6.07, 6.45) is 3.57. The zero-order chi connectivity index (χ0) is 22.5. The van der Waals surface area contributed by atoms with Crippen molar-refractivity contribution in [1.82, 2.24) is 10.3 Å². The van der Waals surface area contributed by atoms with Crippen LogP contribution in [0.1, 0.15) is 17.7 Å². The van der Waals surface area contributed by atoms with Crippen molar-refractivity contribution in [3.63, 3.8) is 0 Å². The van der Waals surface area contributed by atoms with E-state index in [1.54, 1.807) is 13.0 Å². The summed E-state index contributed by atoms with van der Waals surface area (Å²) in [4.78, 5) is 40.7. The number of nitrogens with zero attached hydrogens (tertiary/aromatic N) is 1. The summed E-state index contributed by atoms with van der Waals surface area (Å²) >= 11 is 2.88. The van der Waals surface area contributed by atoms with Gasteiger partial charge in [0.15, 0.2) is 6.61 Å². The van der Waals surface area contributed by atoms with Crippen LogP contribution >= 0.6 is 23.1 Å². The second-order valence-corrected chi connectivity index (χ2v) is 8.76. The van der Waals surface area contributed by atoms with Crippen LogP contribution in [0.2, 0.25) is 0 Å². The van der Waals surface area contributed by atoms with Gasteiger partial charge in [0.2, 0.25) is 5.43 Å². The number of rotatable bonds is 9. The first-order valence-corrected chi connectivity index (χ1v) is 11.7. The van der Waals surface area contributed by atoms with Gasteiger partial charge in [-0.15, -0.1) is 11.3 Å². The fraction of sp³-hybridized carbons (Fsp3) is 0.333. The maximum absolute atomic E-state index is 13.0. The van der Waals surface area contributed by atoms with Gasteiger partial charge in [-0.05, 0) is 43.9 Å². The number of benzene rings is 1. The quantitative estimate of drug-likeness (QED) is 0.497. The Morgan fingerprint density at radius 1 is 1.35 bits per heavy atom. The number of nitrogens with one attached hydrogen (secondary N) is 1. The van der Waals surface area contributed by atoms with Crippen LogP contribution in [-0.2, 0) is 9.59 Å². The molecular formula is C21H22N2O6S2. The van der Waals surface area contributed by atoms with Gasteiger partial charge in [0.1, 0.15) is 28.6 Å². The maximum atomic E-state index is 13.0. The molecule has 0 radical (unpaired) electrons. The van der Waals surface area contributed by atoms with E-state index in [2.05, 4.69) is 10.3 Å². The summed E-state index contributed by atoms with van der Waals surface area (Å²) in [5, 5.41) is 14.5. The van der Waals surface area contributed by atoms with Crippen molar-refractivity contribution >= 4 is 45.9 Å². The predicted octanol–water partition coefficient (Wildman–Crippen LogP) is 3.23. The number of thioether (sulfide) groups is 1. The third-order valence-electron chi connectivity index (χ3n) is 4.51. The van der Waals surface area contributed by atoms with E-state index in [0.717, 1.165) is 5.69 Å². The number of carbonyl (C=O) groups is 2. The first-order chi connectivity index (χ1) is 14.8. The normalized spacial score (nSPS) is 12.0. The second kappa shape index (κ2) is 9.97. The number of carboxylic acid groups (broad SMARTS) is 1. The summed E-state index contributed by atoms with van der Waals surface area (Å²) in [5.74, 6) is -0.667. The highest BCUT2D eigenvalue weighted by Gasteiger charge is 2.20. The number of fused-ring (bicyclic) bond motifs is 1. The maximum Gasteiger partial charge on any atom is 0.326 e. The number of amides is 1. The van der Waals surface area contributed by atoms with Crippen LogP contribution in [0, 0.1) is 13.8 Å². The van der Waals surface area contributed by atoms with Gasteiger partial charge in [0.25, 0.3) is 5.91 Å². The van der Waals surface area contributed by atoms with Gasteiger partial charge in [0.05, 0.1) is 10.9 Å². The van der Waals surface area contributed by atoms with E-state index in [4.69, 9.17) is 9.15 Å². The molecule has 0 spiro atoms. The molecule has 0 bridgehead atoms. The zero-order valence-electron chi connectivity index (χ0n) is 17.3. The lowest BCUT2D eigenvalue weighted by Crippen LogP contribution is -2.43. The molecule has 0 fully saturated rings. The average Bonchev–Trinajstić information content (AvgIpc) is 3.15. The number of hydrogen-bond donors (Lipinski definition) is 2. The Kier molecular flexibility index (Phi) is 7.34. The standard InChI is InChI=1S/C21H22N2O6S2/c1-11-6-13(28-9-17(24)23-15(21(26)27)4-5-30-3)7-16-18(11)19(25)14(8-29-16)20-22-12(2)10-31-20/h6-8,10,15H,4-5,9H2,1-3H3,(H,23,24)(H,26,27)/t15-/m1/s1. The largest absolute Gasteiger partial charge is 0.484 e. The Balaban J connectivity index is 1.76. The van der Waals surface area contributed by atoms with E-state index in [-0.39, 0.29) is 12.0 Å². The molecule has 2 aromatic heterocycles. The van der Waals surface area contributed by atoms with E-state index in [1.165, 1.54) is 35.4 Å². The molecule has 2 heterocycles. The topological polar surface area (TPSA) is 119 Å². The monoisotopic (exact) mass is 462 g/mol. The lowest BCUT2D eigenvalue weighted by molar-refractivity contribution is -0.142. The SMILES string of the molecule is CSCC[C@@H](NC(=O)COc1cc(C)c2c(=O)c(-c3nc(C)cs3)coc2c1)C(=O)O. The number of hydrogen-bond acceptors (Lipinski definition) is 8. The lowest BCUT2D eigenvalue weighted by atomic mass is 10.1. The summed E-state index contributed by atoms with van der Waals surface area (Å²) in [6.45, 7) is 3.26. The number of thiazole rings is 1. The first kappa shape index (κ1) is 22.8. The van der Waals surface area contributed by atoms with Crippen molar-refractivity contribution in [1.29, 1.82) is 0 Å². The first-order valence-electron chi connectivity index (χ1n) is 9.42. The van der Waals surface area contributed by atoms with Crippen molar-refractivity contribution in [3.8, 4) is 16.3 Å². The summed E-state index contributed by atoms with van der Waals surface area (Å²) in [6, 6.07) is 2.22. The van der Waals surface area contributed by atoms with Crippen LogP contribution in [-0.4, -0.2) is 46.6 Å². The molecule has 0 aliphatic rings. The molecule has 1 amide bonds. The zero-order valence-corrected chi connectivity index (χ0v) is 18.9. The molecule has 3 aromatic rings. The third-order valence-corrected chi connectivity index (χ3v) is 6.15. The van der Waals surface area contributed by atoms with Crippen LogP contribution < -0.4 is 15.5 Å². The molecule has 0 aliphatic heterocycles. The molecule has 1 aromatic carbocycles. The minimum Gasteiger partial charge on any atom is -0.484 e. The Labute approximate surface area is 186 Å². The number of carbonyl (C=O) groups excluding carboxylic acids is 1. The van der Waals surface area contributed by atoms with Gasteiger partial charge in [-0.2, -0.15) is 11.8 Å². The van der Waals surface area contributed by atoms with Gasteiger partial charge in [0, 0.05) is 17.1 Å². The molecule has 0 saturated heterocycles. The minimum atomic E-state index is -1.09. The smallest absolute Gasteiger partial charge is 0.326 e. The highest BCUT2D eigenvalue weighted by Crippen LogP contribution is 2.27. The number of carboxylic acids is 1. The molecule has 0 aliphatic carbocycles. The van der Waals surface area contributed by atoms with Gasteiger partial charge in [-0.3, -0.25) is 9.59 Å². The molecule has 164 valence electrons. The fourth-order valence-electron chi connectivity index (χ4n) is 3.00. The Morgan fingerprint density at radius 2 is 2.13 bits per heavy atom. The summed E-state index contributed by atoms with van der Waals surface area (Å²) in [5.41, 5.74) is 2.01. The molecular weight excluding hydrogens is 440 g/mol. The van der Waals surface area contributed by atoms with Crippen LogP contribution in [0.3, 0.4) is 0 Å². The molecule has 2 N–H and O–H groups in total. The van der Waals surface area contributed by atoms with Crippen LogP contribution in [0.4, 0.5) is 0 Å². The van der Waals surface area contributed by atoms with Crippen molar-refractivity contribution in [3.05, 3.63) is 45.3 Å². The second-order valence-electron chi connectivity index (χ2n) is 6.91. The van der Waals surface area contributed by atoms with Crippen molar-refractivity contribution in [2.75, 3.05) is 18.6 Å². The molecule has 1 atom stereocenters. The van der Waals surface area contributed by atoms with Crippen molar-refractivity contribution in [2.24, 2.45) is 0 Å². The van der Waals surface area contributed by atoms with Gasteiger partial charge in [-0.1, -0.05) is 0 Å². The summed E-state index contributed by atoms with van der Waals surface area (Å²) in [7, 11) is 0. The van der Waals surface area contributed by atoms with E-state index >= 15 is 0 Å². The highest BCUT2D eigenvalue weighted by molar-refractivity contribution is 7.98. The Morgan fingerprint density at radius 3 is 2.77 bits per heavy atom. The average molecular weight is 463 g/mol. The number of aryl methyl sites for hydroxylation is 2. The summed E-state index contributed by atoms with van der Waals surface area (Å²) < 4.78 is 11.2. The molecule has 10 heteroatoms. The van der Waals surface area contributed by atoms with E-state index < -0.39 is 17.9 Å². The van der Waals surface area contributed by atoms with Crippen molar-refractivity contribution < 1.29 is 23.8 Å². The van der Waals surface area contributed by atoms with E-state index in [0.29, 0.717) is 45.0 Å². The van der Waals surface area contributed by atoms with Gasteiger partial charge >= 0.3 is 5.97 Å². The molecule has 31 heavy (non-hydrogen) atoms. The van der Waals surface area contributed by atoms with Crippen LogP contribution in [0.25, 0.3) is 21.5 Å². The number of ether oxygens (including phenoxy) is 1. The van der Waals surface area contributed by atoms with E-state index in [1.807, 2.05) is 18.6 Å². The minimum absolute atomic E-state index is 0.185.